The van der Waals surface area contributed by atoms with Gasteiger partial charge in [-0.15, -0.1) is 0 Å². The van der Waals surface area contributed by atoms with E-state index in [1.165, 1.54) is 5.56 Å². The average molecular weight is 238 g/mol. The van der Waals surface area contributed by atoms with Gasteiger partial charge in [0.1, 0.15) is 0 Å². The maximum Gasteiger partial charge on any atom is 0.0868 e. The summed E-state index contributed by atoms with van der Waals surface area (Å²) in [5.41, 5.74) is 1.84. The Kier molecular flexibility index (Phi) is 2.73. The summed E-state index contributed by atoms with van der Waals surface area (Å²) in [6.07, 6.45) is 3.38. The third-order valence-electron chi connectivity index (χ3n) is 3.55. The van der Waals surface area contributed by atoms with Gasteiger partial charge in [0.25, 0.3) is 0 Å². The molecule has 0 bridgehead atoms. The molecule has 1 aliphatic rings. The van der Waals surface area contributed by atoms with Gasteiger partial charge in [0, 0.05) is 18.2 Å². The summed E-state index contributed by atoms with van der Waals surface area (Å²) < 4.78 is 5.38. The quantitative estimate of drug-likeness (QED) is 0.808. The van der Waals surface area contributed by atoms with Gasteiger partial charge >= 0.3 is 0 Å². The number of nitriles is 1. The Balaban J connectivity index is 1.93. The minimum absolute atomic E-state index is 0.337. The van der Waals surface area contributed by atoms with Crippen LogP contribution in [-0.2, 0) is 11.2 Å². The Morgan fingerprint density at radius 2 is 2.33 bits per heavy atom. The van der Waals surface area contributed by atoms with Crippen LogP contribution in [0.5, 0.6) is 0 Å². The Morgan fingerprint density at radius 1 is 1.39 bits per heavy atom. The lowest BCUT2D eigenvalue weighted by molar-refractivity contribution is 0.171. The van der Waals surface area contributed by atoms with Gasteiger partial charge in [-0.25, -0.2) is 0 Å². The number of aromatic nitrogens is 1. The summed E-state index contributed by atoms with van der Waals surface area (Å²) in [5.74, 6) is 0. The van der Waals surface area contributed by atoms with Gasteiger partial charge in [0.15, 0.2) is 0 Å². The highest BCUT2D eigenvalue weighted by atomic mass is 16.5. The van der Waals surface area contributed by atoms with E-state index < -0.39 is 0 Å². The number of benzene rings is 1. The lowest BCUT2D eigenvalue weighted by atomic mass is 9.82. The summed E-state index contributed by atoms with van der Waals surface area (Å²) in [5, 5.41) is 10.5. The number of fused-ring (bicyclic) bond motifs is 1. The van der Waals surface area contributed by atoms with Gasteiger partial charge in [-0.3, -0.25) is 4.98 Å². The number of ether oxygens (including phenoxy) is 1. The predicted molar refractivity (Wildman–Crippen MR) is 68.9 cm³/mol. The third-order valence-corrected chi connectivity index (χ3v) is 3.55. The standard InChI is InChI=1S/C15H14N2O/c16-10-15(5-7-18-11-15)9-12-3-4-14-13(8-12)2-1-6-17-14/h1-4,6,8H,5,7,9,11H2. The van der Waals surface area contributed by atoms with E-state index in [1.54, 1.807) is 6.20 Å². The monoisotopic (exact) mass is 238 g/mol. The van der Waals surface area contributed by atoms with Crippen molar-refractivity contribution in [3.63, 3.8) is 0 Å². The van der Waals surface area contributed by atoms with Gasteiger partial charge in [0.05, 0.1) is 23.6 Å². The van der Waals surface area contributed by atoms with Gasteiger partial charge in [0.2, 0.25) is 0 Å². The molecule has 1 aromatic carbocycles. The van der Waals surface area contributed by atoms with Crippen molar-refractivity contribution in [1.82, 2.24) is 4.98 Å². The molecule has 0 saturated carbocycles. The molecule has 0 amide bonds. The molecular weight excluding hydrogens is 224 g/mol. The molecule has 2 heterocycles. The topological polar surface area (TPSA) is 45.9 Å². The first kappa shape index (κ1) is 11.2. The van der Waals surface area contributed by atoms with Crippen molar-refractivity contribution >= 4 is 10.9 Å². The molecule has 1 atom stereocenters. The van der Waals surface area contributed by atoms with Crippen molar-refractivity contribution in [2.45, 2.75) is 12.8 Å². The van der Waals surface area contributed by atoms with Crippen LogP contribution in [0.25, 0.3) is 10.9 Å². The zero-order valence-corrected chi connectivity index (χ0v) is 10.1. The van der Waals surface area contributed by atoms with Crippen LogP contribution in [-0.4, -0.2) is 18.2 Å². The number of hydrogen-bond donors (Lipinski definition) is 0. The van der Waals surface area contributed by atoms with Gasteiger partial charge in [-0.05, 0) is 36.6 Å². The van der Waals surface area contributed by atoms with Crippen LogP contribution in [0.15, 0.2) is 36.5 Å². The first-order valence-corrected chi connectivity index (χ1v) is 6.14. The van der Waals surface area contributed by atoms with Gasteiger partial charge < -0.3 is 4.74 Å². The molecule has 3 nitrogen and oxygen atoms in total. The first-order chi connectivity index (χ1) is 8.81. The fourth-order valence-corrected chi connectivity index (χ4v) is 2.50. The molecule has 0 spiro atoms. The zero-order chi connectivity index (χ0) is 12.4. The van der Waals surface area contributed by atoms with Crippen LogP contribution >= 0.6 is 0 Å². The molecule has 18 heavy (non-hydrogen) atoms. The van der Waals surface area contributed by atoms with E-state index in [2.05, 4.69) is 29.3 Å². The predicted octanol–water partition coefficient (Wildman–Crippen LogP) is 2.71. The van der Waals surface area contributed by atoms with E-state index in [0.717, 1.165) is 23.7 Å². The summed E-state index contributed by atoms with van der Waals surface area (Å²) in [6, 6.07) is 12.6. The molecule has 90 valence electrons. The summed E-state index contributed by atoms with van der Waals surface area (Å²) in [4.78, 5) is 4.30. The summed E-state index contributed by atoms with van der Waals surface area (Å²) in [6.45, 7) is 1.25. The number of nitrogens with zero attached hydrogens (tertiary/aromatic N) is 2. The van der Waals surface area contributed by atoms with Crippen LogP contribution in [0.1, 0.15) is 12.0 Å². The molecule has 0 radical (unpaired) electrons. The highest BCUT2D eigenvalue weighted by molar-refractivity contribution is 5.78. The lowest BCUT2D eigenvalue weighted by Gasteiger charge is -2.18. The average Bonchev–Trinajstić information content (AvgIpc) is 2.88. The van der Waals surface area contributed by atoms with E-state index in [1.807, 2.05) is 12.1 Å². The van der Waals surface area contributed by atoms with Crippen molar-refractivity contribution in [1.29, 1.82) is 5.26 Å². The Labute approximate surface area is 106 Å². The lowest BCUT2D eigenvalue weighted by Crippen LogP contribution is -2.21. The van der Waals surface area contributed by atoms with Crippen molar-refractivity contribution < 1.29 is 4.74 Å². The van der Waals surface area contributed by atoms with Crippen molar-refractivity contribution in [3.8, 4) is 6.07 Å². The van der Waals surface area contributed by atoms with Crippen LogP contribution < -0.4 is 0 Å². The minimum Gasteiger partial charge on any atom is -0.380 e. The fourth-order valence-electron chi connectivity index (χ4n) is 2.50. The molecule has 1 saturated heterocycles. The van der Waals surface area contributed by atoms with Crippen LogP contribution in [0.4, 0.5) is 0 Å². The highest BCUT2D eigenvalue weighted by Crippen LogP contribution is 2.32. The van der Waals surface area contributed by atoms with Crippen molar-refractivity contribution in [3.05, 3.63) is 42.1 Å². The third kappa shape index (κ3) is 1.96. The second kappa shape index (κ2) is 4.40. The number of pyridine rings is 1. The molecule has 0 aliphatic carbocycles. The molecule has 1 aliphatic heterocycles. The van der Waals surface area contributed by atoms with Crippen LogP contribution in [0.2, 0.25) is 0 Å². The molecule has 1 fully saturated rings. The van der Waals surface area contributed by atoms with E-state index in [9.17, 15) is 5.26 Å². The van der Waals surface area contributed by atoms with Gasteiger partial charge in [-0.1, -0.05) is 12.1 Å². The SMILES string of the molecule is N#CC1(Cc2ccc3ncccc3c2)CCOC1. The fraction of sp³-hybridized carbons (Fsp3) is 0.333. The normalized spacial score (nSPS) is 23.1. The zero-order valence-electron chi connectivity index (χ0n) is 10.1. The largest absolute Gasteiger partial charge is 0.380 e. The number of rotatable bonds is 2. The summed E-state index contributed by atoms with van der Waals surface area (Å²) >= 11 is 0. The molecule has 1 aromatic heterocycles. The van der Waals surface area contributed by atoms with Crippen LogP contribution in [0, 0.1) is 16.7 Å². The molecule has 3 rings (SSSR count). The number of hydrogen-bond acceptors (Lipinski definition) is 3. The highest BCUT2D eigenvalue weighted by Gasteiger charge is 2.35. The molecule has 3 heteroatoms. The minimum atomic E-state index is -0.337. The first-order valence-electron chi connectivity index (χ1n) is 6.14. The maximum atomic E-state index is 9.35. The van der Waals surface area contributed by atoms with E-state index in [4.69, 9.17) is 4.74 Å². The maximum absolute atomic E-state index is 9.35. The molecule has 1 unspecified atom stereocenters. The molecule has 0 N–H and O–H groups in total. The smallest absolute Gasteiger partial charge is 0.0868 e. The van der Waals surface area contributed by atoms with E-state index >= 15 is 0 Å². The molecule has 2 aromatic rings. The summed E-state index contributed by atoms with van der Waals surface area (Å²) in [7, 11) is 0. The second-order valence-corrected chi connectivity index (χ2v) is 4.90. The van der Waals surface area contributed by atoms with Gasteiger partial charge in [-0.2, -0.15) is 5.26 Å². The van der Waals surface area contributed by atoms with Crippen LogP contribution in [0.3, 0.4) is 0 Å². The Bertz CT molecular complexity index is 609. The van der Waals surface area contributed by atoms with E-state index in [0.29, 0.717) is 13.2 Å². The Morgan fingerprint density at radius 3 is 3.11 bits per heavy atom. The molecular formula is C15H14N2O. The second-order valence-electron chi connectivity index (χ2n) is 4.90. The van der Waals surface area contributed by atoms with Crippen molar-refractivity contribution in [2.24, 2.45) is 5.41 Å². The van der Waals surface area contributed by atoms with Crippen molar-refractivity contribution in [2.75, 3.05) is 13.2 Å². The van der Waals surface area contributed by atoms with E-state index in [-0.39, 0.29) is 5.41 Å². The Hall–Kier alpha value is -1.92.